The standard InChI is InChI=1S/C10H19NO/c1-11-6-8-7-12-10-5-3-2-4-9(8)10/h8-11H,2-7H2,1H3. The summed E-state index contributed by atoms with van der Waals surface area (Å²) in [4.78, 5) is 0. The van der Waals surface area contributed by atoms with Crippen molar-refractivity contribution in [1.82, 2.24) is 5.32 Å². The number of nitrogens with one attached hydrogen (secondary N) is 1. The molecule has 0 aromatic heterocycles. The van der Waals surface area contributed by atoms with Crippen molar-refractivity contribution in [2.75, 3.05) is 20.2 Å². The van der Waals surface area contributed by atoms with Gasteiger partial charge in [0.15, 0.2) is 0 Å². The van der Waals surface area contributed by atoms with Gasteiger partial charge in [0.1, 0.15) is 0 Å². The van der Waals surface area contributed by atoms with Crippen LogP contribution < -0.4 is 5.32 Å². The Morgan fingerprint density at radius 3 is 3.00 bits per heavy atom. The van der Waals surface area contributed by atoms with E-state index in [0.29, 0.717) is 6.10 Å². The second kappa shape index (κ2) is 3.75. The molecule has 0 aromatic carbocycles. The predicted octanol–water partition coefficient (Wildman–Crippen LogP) is 1.41. The average molecular weight is 169 g/mol. The minimum atomic E-state index is 0.608. The molecule has 1 saturated heterocycles. The van der Waals surface area contributed by atoms with E-state index < -0.39 is 0 Å². The van der Waals surface area contributed by atoms with Crippen molar-refractivity contribution < 1.29 is 4.74 Å². The molecule has 2 heteroatoms. The van der Waals surface area contributed by atoms with Gasteiger partial charge in [-0.15, -0.1) is 0 Å². The number of fused-ring (bicyclic) bond motifs is 1. The Kier molecular flexibility index (Phi) is 2.66. The van der Waals surface area contributed by atoms with E-state index in [1.807, 2.05) is 7.05 Å². The molecule has 1 aliphatic carbocycles. The highest BCUT2D eigenvalue weighted by molar-refractivity contribution is 4.87. The lowest BCUT2D eigenvalue weighted by atomic mass is 9.80. The predicted molar refractivity (Wildman–Crippen MR) is 49.1 cm³/mol. The van der Waals surface area contributed by atoms with Crippen LogP contribution in [0.25, 0.3) is 0 Å². The van der Waals surface area contributed by atoms with Crippen molar-refractivity contribution in [1.29, 1.82) is 0 Å². The number of rotatable bonds is 2. The lowest BCUT2D eigenvalue weighted by Gasteiger charge is -2.26. The molecule has 1 saturated carbocycles. The van der Waals surface area contributed by atoms with Crippen LogP contribution in [-0.2, 0) is 4.74 Å². The van der Waals surface area contributed by atoms with Gasteiger partial charge in [-0.25, -0.2) is 0 Å². The fourth-order valence-corrected chi connectivity index (χ4v) is 2.72. The molecule has 1 aliphatic heterocycles. The normalized spacial score (nSPS) is 41.2. The van der Waals surface area contributed by atoms with E-state index in [1.54, 1.807) is 0 Å². The monoisotopic (exact) mass is 169 g/mol. The van der Waals surface area contributed by atoms with E-state index in [1.165, 1.54) is 25.7 Å². The van der Waals surface area contributed by atoms with Gasteiger partial charge in [0.25, 0.3) is 0 Å². The zero-order chi connectivity index (χ0) is 8.39. The molecule has 70 valence electrons. The van der Waals surface area contributed by atoms with Gasteiger partial charge in [0.05, 0.1) is 12.7 Å². The molecule has 12 heavy (non-hydrogen) atoms. The Labute approximate surface area is 74.7 Å². The van der Waals surface area contributed by atoms with Gasteiger partial charge in [-0.05, 0) is 31.7 Å². The topological polar surface area (TPSA) is 21.3 Å². The molecule has 3 unspecified atom stereocenters. The Bertz CT molecular complexity index is 149. The molecule has 3 atom stereocenters. The van der Waals surface area contributed by atoms with Crippen LogP contribution in [0.2, 0.25) is 0 Å². The fraction of sp³-hybridized carbons (Fsp3) is 1.00. The molecule has 1 N–H and O–H groups in total. The first-order valence-electron chi connectivity index (χ1n) is 5.18. The first-order valence-corrected chi connectivity index (χ1v) is 5.18. The summed E-state index contributed by atoms with van der Waals surface area (Å²) in [5.41, 5.74) is 0. The minimum absolute atomic E-state index is 0.608. The summed E-state index contributed by atoms with van der Waals surface area (Å²) in [7, 11) is 2.04. The van der Waals surface area contributed by atoms with Crippen LogP contribution in [0.1, 0.15) is 25.7 Å². The zero-order valence-electron chi connectivity index (χ0n) is 7.88. The van der Waals surface area contributed by atoms with Crippen molar-refractivity contribution in [2.45, 2.75) is 31.8 Å². The first-order chi connectivity index (χ1) is 5.92. The number of hydrogen-bond donors (Lipinski definition) is 1. The van der Waals surface area contributed by atoms with Crippen molar-refractivity contribution in [3.05, 3.63) is 0 Å². The molecule has 0 amide bonds. The van der Waals surface area contributed by atoms with Crippen LogP contribution in [0.3, 0.4) is 0 Å². The largest absolute Gasteiger partial charge is 0.378 e. The molecule has 0 bridgehead atoms. The lowest BCUT2D eigenvalue weighted by molar-refractivity contribution is 0.0663. The quantitative estimate of drug-likeness (QED) is 0.675. The molecule has 1 heterocycles. The third-order valence-electron chi connectivity index (χ3n) is 3.35. The highest BCUT2D eigenvalue weighted by atomic mass is 16.5. The van der Waals surface area contributed by atoms with Crippen LogP contribution in [0.15, 0.2) is 0 Å². The van der Waals surface area contributed by atoms with E-state index in [0.717, 1.165) is 25.0 Å². The third kappa shape index (κ3) is 1.50. The van der Waals surface area contributed by atoms with Gasteiger partial charge in [-0.1, -0.05) is 12.8 Å². The maximum absolute atomic E-state index is 5.78. The summed E-state index contributed by atoms with van der Waals surface area (Å²) in [6, 6.07) is 0. The molecule has 2 nitrogen and oxygen atoms in total. The van der Waals surface area contributed by atoms with E-state index in [2.05, 4.69) is 5.32 Å². The number of ether oxygens (including phenoxy) is 1. The summed E-state index contributed by atoms with van der Waals surface area (Å²) >= 11 is 0. The van der Waals surface area contributed by atoms with Crippen LogP contribution in [0.5, 0.6) is 0 Å². The third-order valence-corrected chi connectivity index (χ3v) is 3.35. The Hall–Kier alpha value is -0.0800. The van der Waals surface area contributed by atoms with Gasteiger partial charge in [-0.2, -0.15) is 0 Å². The summed E-state index contributed by atoms with van der Waals surface area (Å²) in [5.74, 6) is 1.66. The van der Waals surface area contributed by atoms with Gasteiger partial charge >= 0.3 is 0 Å². The van der Waals surface area contributed by atoms with Crippen molar-refractivity contribution in [3.8, 4) is 0 Å². The van der Waals surface area contributed by atoms with Gasteiger partial charge in [0.2, 0.25) is 0 Å². The molecular weight excluding hydrogens is 150 g/mol. The summed E-state index contributed by atoms with van der Waals surface area (Å²) in [5, 5.41) is 3.26. The van der Waals surface area contributed by atoms with Crippen molar-refractivity contribution >= 4 is 0 Å². The molecule has 2 fully saturated rings. The van der Waals surface area contributed by atoms with Crippen LogP contribution >= 0.6 is 0 Å². The van der Waals surface area contributed by atoms with Gasteiger partial charge in [0, 0.05) is 6.54 Å². The molecule has 2 rings (SSSR count). The smallest absolute Gasteiger partial charge is 0.0607 e. The highest BCUT2D eigenvalue weighted by Gasteiger charge is 2.37. The first kappa shape index (κ1) is 8.52. The van der Waals surface area contributed by atoms with E-state index >= 15 is 0 Å². The van der Waals surface area contributed by atoms with Crippen LogP contribution in [0, 0.1) is 11.8 Å². The zero-order valence-corrected chi connectivity index (χ0v) is 7.88. The van der Waals surface area contributed by atoms with E-state index in [9.17, 15) is 0 Å². The van der Waals surface area contributed by atoms with Gasteiger partial charge in [-0.3, -0.25) is 0 Å². The SMILES string of the molecule is CNCC1COC2CCCCC12. The van der Waals surface area contributed by atoms with E-state index in [-0.39, 0.29) is 0 Å². The molecule has 0 aromatic rings. The molecular formula is C10H19NO. The second-order valence-electron chi connectivity index (χ2n) is 4.14. The summed E-state index contributed by atoms with van der Waals surface area (Å²) in [6.45, 7) is 2.14. The summed E-state index contributed by atoms with van der Waals surface area (Å²) < 4.78 is 5.78. The molecule has 2 aliphatic rings. The molecule has 0 radical (unpaired) electrons. The maximum atomic E-state index is 5.78. The molecule has 0 spiro atoms. The highest BCUT2D eigenvalue weighted by Crippen LogP contribution is 2.37. The fourth-order valence-electron chi connectivity index (χ4n) is 2.72. The van der Waals surface area contributed by atoms with Crippen LogP contribution in [-0.4, -0.2) is 26.3 Å². The average Bonchev–Trinajstić information content (AvgIpc) is 2.50. The van der Waals surface area contributed by atoms with Crippen molar-refractivity contribution in [3.63, 3.8) is 0 Å². The van der Waals surface area contributed by atoms with Gasteiger partial charge < -0.3 is 10.1 Å². The van der Waals surface area contributed by atoms with Crippen LogP contribution in [0.4, 0.5) is 0 Å². The second-order valence-corrected chi connectivity index (χ2v) is 4.14. The maximum Gasteiger partial charge on any atom is 0.0607 e. The van der Waals surface area contributed by atoms with E-state index in [4.69, 9.17) is 4.74 Å². The lowest BCUT2D eigenvalue weighted by Crippen LogP contribution is -2.29. The number of hydrogen-bond acceptors (Lipinski definition) is 2. The Balaban J connectivity index is 1.92. The Morgan fingerprint density at radius 2 is 2.17 bits per heavy atom. The minimum Gasteiger partial charge on any atom is -0.378 e. The Morgan fingerprint density at radius 1 is 1.33 bits per heavy atom. The van der Waals surface area contributed by atoms with Crippen molar-refractivity contribution in [2.24, 2.45) is 11.8 Å². The summed E-state index contributed by atoms with van der Waals surface area (Å²) in [6.07, 6.45) is 6.12.